The van der Waals surface area contributed by atoms with Crippen molar-refractivity contribution >= 4 is 43.2 Å². The van der Waals surface area contributed by atoms with Gasteiger partial charge in [-0.05, 0) is 64.3 Å². The molecule has 2 heterocycles. The maximum Gasteiger partial charge on any atom is 0.0738 e. The molecule has 1 unspecified atom stereocenters. The van der Waals surface area contributed by atoms with Crippen molar-refractivity contribution in [2.45, 2.75) is 39.8 Å². The summed E-state index contributed by atoms with van der Waals surface area (Å²) in [5.41, 5.74) is 6.35. The van der Waals surface area contributed by atoms with Crippen LogP contribution in [0, 0.1) is 13.8 Å². The SMILES string of the molecule is CCn1nc(C)c(Br)c1CC(NN)c1cc(C)c(Br)s1. The van der Waals surface area contributed by atoms with Crippen LogP contribution < -0.4 is 11.3 Å². The standard InChI is InChI=1S/C13H18Br2N4S/c1-4-19-10(12(14)8(3)18-19)6-9(17-16)11-5-7(2)13(15)20-11/h5,9,17H,4,6,16H2,1-3H3. The first-order valence-electron chi connectivity index (χ1n) is 6.41. The monoisotopic (exact) mass is 420 g/mol. The average Bonchev–Trinajstić information content (AvgIpc) is 2.89. The molecule has 0 bridgehead atoms. The second-order valence-corrected chi connectivity index (χ2v) is 7.89. The summed E-state index contributed by atoms with van der Waals surface area (Å²) in [4.78, 5) is 1.23. The van der Waals surface area contributed by atoms with Crippen molar-refractivity contribution in [3.8, 4) is 0 Å². The smallest absolute Gasteiger partial charge is 0.0738 e. The summed E-state index contributed by atoms with van der Waals surface area (Å²) < 4.78 is 4.26. The van der Waals surface area contributed by atoms with E-state index >= 15 is 0 Å². The van der Waals surface area contributed by atoms with E-state index in [9.17, 15) is 0 Å². The molecule has 4 nitrogen and oxygen atoms in total. The number of thiophene rings is 1. The molecule has 0 aliphatic rings. The quantitative estimate of drug-likeness (QED) is 0.569. The Morgan fingerprint density at radius 3 is 2.65 bits per heavy atom. The number of nitrogens with zero attached hydrogens (tertiary/aromatic N) is 2. The Bertz CT molecular complexity index is 586. The fourth-order valence-corrected chi connectivity index (χ4v) is 4.23. The predicted octanol–water partition coefficient (Wildman–Crippen LogP) is 3.85. The Morgan fingerprint density at radius 1 is 1.45 bits per heavy atom. The van der Waals surface area contributed by atoms with Crippen molar-refractivity contribution in [3.63, 3.8) is 0 Å². The lowest BCUT2D eigenvalue weighted by Gasteiger charge is -2.15. The molecule has 0 amide bonds. The van der Waals surface area contributed by atoms with Crippen molar-refractivity contribution in [1.29, 1.82) is 0 Å². The number of hydrogen-bond acceptors (Lipinski definition) is 4. The molecule has 20 heavy (non-hydrogen) atoms. The maximum absolute atomic E-state index is 5.76. The minimum Gasteiger partial charge on any atom is -0.271 e. The third-order valence-corrected chi connectivity index (χ3v) is 6.55. The number of rotatable bonds is 5. The van der Waals surface area contributed by atoms with Gasteiger partial charge in [0.1, 0.15) is 0 Å². The van der Waals surface area contributed by atoms with Crippen molar-refractivity contribution in [1.82, 2.24) is 15.2 Å². The van der Waals surface area contributed by atoms with Crippen LogP contribution in [0.3, 0.4) is 0 Å². The zero-order valence-electron chi connectivity index (χ0n) is 11.7. The van der Waals surface area contributed by atoms with E-state index in [-0.39, 0.29) is 6.04 Å². The van der Waals surface area contributed by atoms with Gasteiger partial charge in [0.15, 0.2) is 0 Å². The number of nitrogens with two attached hydrogens (primary N) is 1. The van der Waals surface area contributed by atoms with E-state index < -0.39 is 0 Å². The Hall–Kier alpha value is -0.210. The van der Waals surface area contributed by atoms with Crippen LogP contribution in [0.1, 0.15) is 34.8 Å². The van der Waals surface area contributed by atoms with Crippen LogP contribution in [-0.4, -0.2) is 9.78 Å². The van der Waals surface area contributed by atoms with Crippen molar-refractivity contribution in [2.24, 2.45) is 5.84 Å². The molecule has 0 aliphatic heterocycles. The van der Waals surface area contributed by atoms with Crippen LogP contribution >= 0.6 is 43.2 Å². The fourth-order valence-electron chi connectivity index (χ4n) is 2.15. The molecule has 2 aromatic heterocycles. The van der Waals surface area contributed by atoms with Crippen molar-refractivity contribution < 1.29 is 0 Å². The molecule has 2 aromatic rings. The molecular formula is C13H18Br2N4S. The Morgan fingerprint density at radius 2 is 2.15 bits per heavy atom. The highest BCUT2D eigenvalue weighted by Crippen LogP contribution is 2.34. The van der Waals surface area contributed by atoms with Gasteiger partial charge < -0.3 is 0 Å². The van der Waals surface area contributed by atoms with E-state index in [0.717, 1.165) is 26.9 Å². The number of halogens is 2. The molecule has 0 aromatic carbocycles. The molecule has 110 valence electrons. The number of nitrogens with one attached hydrogen (secondary N) is 1. The molecule has 0 spiro atoms. The fraction of sp³-hybridized carbons (Fsp3) is 0.462. The highest BCUT2D eigenvalue weighted by molar-refractivity contribution is 9.11. The van der Waals surface area contributed by atoms with Gasteiger partial charge in [-0.1, -0.05) is 0 Å². The Kier molecular flexibility index (Phi) is 5.42. The average molecular weight is 422 g/mol. The molecule has 0 saturated carbocycles. The highest BCUT2D eigenvalue weighted by Gasteiger charge is 2.20. The number of hydrazine groups is 1. The lowest BCUT2D eigenvalue weighted by Crippen LogP contribution is -2.29. The minimum atomic E-state index is 0.0858. The zero-order chi connectivity index (χ0) is 14.9. The van der Waals surface area contributed by atoms with Crippen LogP contribution in [0.2, 0.25) is 0 Å². The molecule has 3 N–H and O–H groups in total. The minimum absolute atomic E-state index is 0.0858. The van der Waals surface area contributed by atoms with Crippen LogP contribution in [0.15, 0.2) is 14.3 Å². The second kappa shape index (κ2) is 6.70. The van der Waals surface area contributed by atoms with Gasteiger partial charge in [0.2, 0.25) is 0 Å². The summed E-state index contributed by atoms with van der Waals surface area (Å²) >= 11 is 8.92. The predicted molar refractivity (Wildman–Crippen MR) is 90.9 cm³/mol. The molecule has 0 saturated heterocycles. The van der Waals surface area contributed by atoms with E-state index in [4.69, 9.17) is 5.84 Å². The first kappa shape index (κ1) is 16.2. The second-order valence-electron chi connectivity index (χ2n) is 4.69. The molecule has 1 atom stereocenters. The van der Waals surface area contributed by atoms with E-state index in [0.29, 0.717) is 0 Å². The van der Waals surface area contributed by atoms with Gasteiger partial charge in [-0.3, -0.25) is 16.0 Å². The zero-order valence-corrected chi connectivity index (χ0v) is 15.7. The first-order valence-corrected chi connectivity index (χ1v) is 8.81. The topological polar surface area (TPSA) is 55.9 Å². The van der Waals surface area contributed by atoms with E-state index in [1.54, 1.807) is 11.3 Å². The Labute approximate surface area is 140 Å². The molecule has 0 aliphatic carbocycles. The molecule has 2 rings (SSSR count). The van der Waals surface area contributed by atoms with Gasteiger partial charge in [0.25, 0.3) is 0 Å². The summed E-state index contributed by atoms with van der Waals surface area (Å²) in [5, 5.41) is 4.53. The van der Waals surface area contributed by atoms with Crippen LogP contribution in [0.25, 0.3) is 0 Å². The van der Waals surface area contributed by atoms with Crippen LogP contribution in [0.5, 0.6) is 0 Å². The van der Waals surface area contributed by atoms with Gasteiger partial charge in [0, 0.05) is 17.8 Å². The van der Waals surface area contributed by atoms with Gasteiger partial charge >= 0.3 is 0 Å². The normalized spacial score (nSPS) is 12.9. The summed E-state index contributed by atoms with van der Waals surface area (Å²) in [6.07, 6.45) is 0.804. The molecule has 0 fully saturated rings. The lowest BCUT2D eigenvalue weighted by atomic mass is 10.1. The third-order valence-electron chi connectivity index (χ3n) is 3.27. The maximum atomic E-state index is 5.76. The van der Waals surface area contributed by atoms with Crippen LogP contribution in [-0.2, 0) is 13.0 Å². The summed E-state index contributed by atoms with van der Waals surface area (Å²) in [6, 6.07) is 2.26. The van der Waals surface area contributed by atoms with Gasteiger partial charge in [-0.2, -0.15) is 5.10 Å². The number of hydrogen-bond donors (Lipinski definition) is 2. The summed E-state index contributed by atoms with van der Waals surface area (Å²) in [5.74, 6) is 5.76. The van der Waals surface area contributed by atoms with Crippen LogP contribution in [0.4, 0.5) is 0 Å². The van der Waals surface area contributed by atoms with Crippen molar-refractivity contribution in [2.75, 3.05) is 0 Å². The highest BCUT2D eigenvalue weighted by atomic mass is 79.9. The molecule has 7 heteroatoms. The van der Waals surface area contributed by atoms with Gasteiger partial charge in [-0.15, -0.1) is 11.3 Å². The Balaban J connectivity index is 2.31. The van der Waals surface area contributed by atoms with E-state index in [1.807, 2.05) is 11.6 Å². The van der Waals surface area contributed by atoms with Gasteiger partial charge in [-0.25, -0.2) is 0 Å². The van der Waals surface area contributed by atoms with E-state index in [2.05, 4.69) is 62.3 Å². The van der Waals surface area contributed by atoms with E-state index in [1.165, 1.54) is 16.1 Å². The largest absolute Gasteiger partial charge is 0.271 e. The number of aryl methyl sites for hydroxylation is 3. The first-order chi connectivity index (χ1) is 9.47. The number of aromatic nitrogens is 2. The third kappa shape index (κ3) is 3.17. The van der Waals surface area contributed by atoms with Crippen molar-refractivity contribution in [3.05, 3.63) is 36.2 Å². The molecule has 0 radical (unpaired) electrons. The van der Waals surface area contributed by atoms with Gasteiger partial charge in [0.05, 0.1) is 25.7 Å². The lowest BCUT2D eigenvalue weighted by molar-refractivity contribution is 0.522. The summed E-state index contributed by atoms with van der Waals surface area (Å²) in [7, 11) is 0. The molecular weight excluding hydrogens is 404 g/mol. The summed E-state index contributed by atoms with van der Waals surface area (Å²) in [6.45, 7) is 7.05.